The summed E-state index contributed by atoms with van der Waals surface area (Å²) in [6.07, 6.45) is 1.90. The number of hydrogen-bond acceptors (Lipinski definition) is 3. The third-order valence-corrected chi connectivity index (χ3v) is 2.25. The topological polar surface area (TPSA) is 53.1 Å². The molecule has 0 aromatic carbocycles. The van der Waals surface area contributed by atoms with Gasteiger partial charge in [0.25, 0.3) is 0 Å². The van der Waals surface area contributed by atoms with Crippen LogP contribution in [0.2, 0.25) is 0 Å². The molecule has 0 saturated carbocycles. The van der Waals surface area contributed by atoms with Crippen molar-refractivity contribution >= 4 is 0 Å². The van der Waals surface area contributed by atoms with Crippen molar-refractivity contribution in [1.82, 2.24) is 9.78 Å². The van der Waals surface area contributed by atoms with Gasteiger partial charge in [0.15, 0.2) is 0 Å². The fraction of sp³-hybridized carbons (Fsp3) is 0.700. The van der Waals surface area contributed by atoms with E-state index in [9.17, 15) is 0 Å². The van der Waals surface area contributed by atoms with Crippen molar-refractivity contribution in [1.29, 1.82) is 0 Å². The lowest BCUT2D eigenvalue weighted by Gasteiger charge is -2.09. The molecule has 1 unspecified atom stereocenters. The molecule has 1 heterocycles. The van der Waals surface area contributed by atoms with Crippen molar-refractivity contribution in [2.45, 2.75) is 25.8 Å². The number of hydrogen-bond donors (Lipinski definition) is 1. The first-order valence-electron chi connectivity index (χ1n) is 4.87. The molecule has 0 saturated heterocycles. The van der Waals surface area contributed by atoms with Gasteiger partial charge in [-0.25, -0.2) is 0 Å². The summed E-state index contributed by atoms with van der Waals surface area (Å²) in [5.74, 6) is 0. The predicted molar refractivity (Wildman–Crippen MR) is 56.1 cm³/mol. The minimum absolute atomic E-state index is 0.121. The maximum atomic E-state index is 5.83. The Morgan fingerprint density at radius 2 is 2.36 bits per heavy atom. The number of methoxy groups -OCH3 is 1. The van der Waals surface area contributed by atoms with Crippen LogP contribution in [0.3, 0.4) is 0 Å². The first kappa shape index (κ1) is 11.2. The largest absolute Gasteiger partial charge is 0.383 e. The molecule has 1 aromatic heterocycles. The minimum atomic E-state index is 0.121. The highest BCUT2D eigenvalue weighted by atomic mass is 16.5. The normalized spacial score (nSPS) is 13.1. The van der Waals surface area contributed by atoms with E-state index >= 15 is 0 Å². The second-order valence-electron chi connectivity index (χ2n) is 3.65. The lowest BCUT2D eigenvalue weighted by molar-refractivity contribution is 0.177. The summed E-state index contributed by atoms with van der Waals surface area (Å²) in [4.78, 5) is 0. The predicted octanol–water partition coefficient (Wildman–Crippen LogP) is 0.635. The number of rotatable bonds is 5. The van der Waals surface area contributed by atoms with E-state index in [0.717, 1.165) is 18.5 Å². The number of aromatic nitrogens is 2. The van der Waals surface area contributed by atoms with Crippen LogP contribution in [0.1, 0.15) is 17.8 Å². The molecule has 0 radical (unpaired) electrons. The van der Waals surface area contributed by atoms with Crippen molar-refractivity contribution in [2.24, 2.45) is 12.8 Å². The van der Waals surface area contributed by atoms with Gasteiger partial charge in [-0.1, -0.05) is 0 Å². The maximum Gasteiger partial charge on any atom is 0.0613 e. The van der Waals surface area contributed by atoms with Gasteiger partial charge in [-0.2, -0.15) is 5.10 Å². The van der Waals surface area contributed by atoms with Crippen LogP contribution in [0.5, 0.6) is 0 Å². The molecule has 4 heteroatoms. The molecule has 14 heavy (non-hydrogen) atoms. The smallest absolute Gasteiger partial charge is 0.0613 e. The standard InChI is InChI=1S/C10H19N3O/c1-8-6-10(13(2)12-8)5-4-9(11)7-14-3/h6,9H,4-5,7,11H2,1-3H3. The van der Waals surface area contributed by atoms with Crippen LogP contribution in [0.4, 0.5) is 0 Å². The molecule has 1 atom stereocenters. The Morgan fingerprint density at radius 3 is 2.86 bits per heavy atom. The van der Waals surface area contributed by atoms with Gasteiger partial charge in [0.1, 0.15) is 0 Å². The Morgan fingerprint density at radius 1 is 1.64 bits per heavy atom. The number of nitrogens with zero attached hydrogens (tertiary/aromatic N) is 2. The second kappa shape index (κ2) is 5.12. The van der Waals surface area contributed by atoms with E-state index in [0.29, 0.717) is 6.61 Å². The Balaban J connectivity index is 2.41. The van der Waals surface area contributed by atoms with Crippen LogP contribution in [0.25, 0.3) is 0 Å². The number of nitrogens with two attached hydrogens (primary N) is 1. The molecule has 0 spiro atoms. The van der Waals surface area contributed by atoms with E-state index in [1.165, 1.54) is 5.69 Å². The SMILES string of the molecule is COCC(N)CCc1cc(C)nn1C. The Labute approximate surface area is 85.0 Å². The lowest BCUT2D eigenvalue weighted by atomic mass is 10.1. The van der Waals surface area contributed by atoms with E-state index in [-0.39, 0.29) is 6.04 Å². The van der Waals surface area contributed by atoms with Crippen LogP contribution in [0, 0.1) is 6.92 Å². The minimum Gasteiger partial charge on any atom is -0.383 e. The molecule has 80 valence electrons. The zero-order chi connectivity index (χ0) is 10.6. The molecule has 4 nitrogen and oxygen atoms in total. The van der Waals surface area contributed by atoms with Crippen molar-refractivity contribution in [3.05, 3.63) is 17.5 Å². The summed E-state index contributed by atoms with van der Waals surface area (Å²) in [7, 11) is 3.64. The molecule has 0 aliphatic heterocycles. The molecule has 0 aliphatic carbocycles. The highest BCUT2D eigenvalue weighted by molar-refractivity contribution is 5.08. The Hall–Kier alpha value is -0.870. The molecular weight excluding hydrogens is 178 g/mol. The van der Waals surface area contributed by atoms with Crippen LogP contribution in [0.15, 0.2) is 6.07 Å². The number of aryl methyl sites for hydroxylation is 3. The van der Waals surface area contributed by atoms with Gasteiger partial charge in [0.05, 0.1) is 12.3 Å². The zero-order valence-electron chi connectivity index (χ0n) is 9.16. The summed E-state index contributed by atoms with van der Waals surface area (Å²) >= 11 is 0. The highest BCUT2D eigenvalue weighted by Gasteiger charge is 2.05. The van der Waals surface area contributed by atoms with Gasteiger partial charge < -0.3 is 10.5 Å². The molecule has 1 aromatic rings. The highest BCUT2D eigenvalue weighted by Crippen LogP contribution is 2.06. The summed E-state index contributed by atoms with van der Waals surface area (Å²) in [5, 5.41) is 4.28. The van der Waals surface area contributed by atoms with Crippen molar-refractivity contribution in [3.8, 4) is 0 Å². The third kappa shape index (κ3) is 3.12. The fourth-order valence-electron chi connectivity index (χ4n) is 1.53. The molecule has 0 fully saturated rings. The summed E-state index contributed by atoms with van der Waals surface area (Å²) in [6, 6.07) is 2.22. The molecule has 0 amide bonds. The summed E-state index contributed by atoms with van der Waals surface area (Å²) < 4.78 is 6.89. The van der Waals surface area contributed by atoms with Crippen LogP contribution < -0.4 is 5.73 Å². The molecule has 0 aliphatic rings. The van der Waals surface area contributed by atoms with Gasteiger partial charge in [-0.3, -0.25) is 4.68 Å². The van der Waals surface area contributed by atoms with Gasteiger partial charge in [0, 0.05) is 25.9 Å². The summed E-state index contributed by atoms with van der Waals surface area (Å²) in [6.45, 7) is 2.62. The zero-order valence-corrected chi connectivity index (χ0v) is 9.16. The summed E-state index contributed by atoms with van der Waals surface area (Å²) in [5.41, 5.74) is 8.12. The van der Waals surface area contributed by atoms with Gasteiger partial charge >= 0.3 is 0 Å². The maximum absolute atomic E-state index is 5.83. The monoisotopic (exact) mass is 197 g/mol. The molecule has 2 N–H and O–H groups in total. The molecule has 0 bridgehead atoms. The molecular formula is C10H19N3O. The van der Waals surface area contributed by atoms with E-state index in [4.69, 9.17) is 10.5 Å². The van der Waals surface area contributed by atoms with Crippen LogP contribution in [-0.4, -0.2) is 29.5 Å². The van der Waals surface area contributed by atoms with Gasteiger partial charge in [-0.05, 0) is 25.8 Å². The van der Waals surface area contributed by atoms with E-state index in [1.54, 1.807) is 7.11 Å². The van der Waals surface area contributed by atoms with Gasteiger partial charge in [0.2, 0.25) is 0 Å². The van der Waals surface area contributed by atoms with Crippen molar-refractivity contribution < 1.29 is 4.74 Å². The van der Waals surface area contributed by atoms with Crippen molar-refractivity contribution in [3.63, 3.8) is 0 Å². The first-order chi connectivity index (χ1) is 6.63. The van der Waals surface area contributed by atoms with Crippen LogP contribution in [-0.2, 0) is 18.2 Å². The first-order valence-corrected chi connectivity index (χ1v) is 4.87. The molecule has 1 rings (SSSR count). The van der Waals surface area contributed by atoms with Gasteiger partial charge in [-0.15, -0.1) is 0 Å². The Kier molecular flexibility index (Phi) is 4.10. The number of ether oxygens (including phenoxy) is 1. The fourth-order valence-corrected chi connectivity index (χ4v) is 1.53. The Bertz CT molecular complexity index is 283. The third-order valence-electron chi connectivity index (χ3n) is 2.25. The average Bonchev–Trinajstić information content (AvgIpc) is 2.42. The van der Waals surface area contributed by atoms with Crippen LogP contribution >= 0.6 is 0 Å². The van der Waals surface area contributed by atoms with E-state index in [1.807, 2.05) is 18.7 Å². The van der Waals surface area contributed by atoms with E-state index < -0.39 is 0 Å². The quantitative estimate of drug-likeness (QED) is 0.753. The average molecular weight is 197 g/mol. The van der Waals surface area contributed by atoms with E-state index in [2.05, 4.69) is 11.2 Å². The second-order valence-corrected chi connectivity index (χ2v) is 3.65. The van der Waals surface area contributed by atoms with Crippen molar-refractivity contribution in [2.75, 3.05) is 13.7 Å². The lowest BCUT2D eigenvalue weighted by Crippen LogP contribution is -2.26.